The Morgan fingerprint density at radius 2 is 1.70 bits per heavy atom. The van der Waals surface area contributed by atoms with Crippen LogP contribution in [0.2, 0.25) is 0 Å². The number of pyridine rings is 1. The first-order valence-corrected chi connectivity index (χ1v) is 11.9. The van der Waals surface area contributed by atoms with Gasteiger partial charge in [0.1, 0.15) is 4.90 Å². The zero-order chi connectivity index (χ0) is 19.3. The van der Waals surface area contributed by atoms with Gasteiger partial charge in [0, 0.05) is 32.0 Å². The van der Waals surface area contributed by atoms with Gasteiger partial charge in [-0.25, -0.2) is 21.6 Å². The summed E-state index contributed by atoms with van der Waals surface area (Å²) in [5, 5.41) is 0. The Morgan fingerprint density at radius 1 is 1.00 bits per heavy atom. The summed E-state index contributed by atoms with van der Waals surface area (Å²) in [4.78, 5) is 4.06. The van der Waals surface area contributed by atoms with E-state index in [0.29, 0.717) is 32.5 Å². The SMILES string of the molecule is O=S(=O)(Cc1ccccc1)NCC1CCN(S(=O)(=O)c2cccnc2)CC1. The highest BCUT2D eigenvalue weighted by atomic mass is 32.2. The molecule has 0 atom stereocenters. The van der Waals surface area contributed by atoms with Crippen LogP contribution in [-0.4, -0.2) is 45.8 Å². The van der Waals surface area contributed by atoms with Crippen molar-refractivity contribution >= 4 is 20.0 Å². The van der Waals surface area contributed by atoms with E-state index in [-0.39, 0.29) is 16.6 Å². The average molecular weight is 410 g/mol. The zero-order valence-corrected chi connectivity index (χ0v) is 16.5. The normalized spacial score (nSPS) is 17.0. The molecule has 0 aliphatic carbocycles. The topological polar surface area (TPSA) is 96.4 Å². The van der Waals surface area contributed by atoms with Gasteiger partial charge in [-0.15, -0.1) is 0 Å². The Morgan fingerprint density at radius 3 is 2.33 bits per heavy atom. The Bertz CT molecular complexity index is 941. The summed E-state index contributed by atoms with van der Waals surface area (Å²) in [7, 11) is -6.95. The van der Waals surface area contributed by atoms with Crippen molar-refractivity contribution in [3.8, 4) is 0 Å². The van der Waals surface area contributed by atoms with E-state index in [1.54, 1.807) is 18.2 Å². The van der Waals surface area contributed by atoms with Crippen LogP contribution in [0.3, 0.4) is 0 Å². The summed E-state index contributed by atoms with van der Waals surface area (Å²) in [5.74, 6) is 0.0677. The smallest absolute Gasteiger partial charge is 0.244 e. The van der Waals surface area contributed by atoms with Crippen molar-refractivity contribution in [1.82, 2.24) is 14.0 Å². The van der Waals surface area contributed by atoms with Crippen molar-refractivity contribution in [1.29, 1.82) is 0 Å². The van der Waals surface area contributed by atoms with Crippen LogP contribution in [0.4, 0.5) is 0 Å². The lowest BCUT2D eigenvalue weighted by atomic mass is 9.99. The number of benzene rings is 1. The molecule has 0 bridgehead atoms. The van der Waals surface area contributed by atoms with E-state index in [9.17, 15) is 16.8 Å². The van der Waals surface area contributed by atoms with Crippen LogP contribution >= 0.6 is 0 Å². The standard InChI is InChI=1S/C18H23N3O4S2/c22-26(23,15-17-5-2-1-3-6-17)20-13-16-8-11-21(12-9-16)27(24,25)18-7-4-10-19-14-18/h1-7,10,14,16,20H,8-9,11-13,15H2. The van der Waals surface area contributed by atoms with Gasteiger partial charge in [-0.2, -0.15) is 4.31 Å². The van der Waals surface area contributed by atoms with Crippen molar-refractivity contribution in [3.05, 3.63) is 60.4 Å². The molecule has 3 rings (SSSR count). The molecule has 1 aliphatic heterocycles. The molecule has 7 nitrogen and oxygen atoms in total. The molecule has 0 saturated carbocycles. The summed E-state index contributed by atoms with van der Waals surface area (Å²) in [6, 6.07) is 12.2. The van der Waals surface area contributed by atoms with Gasteiger partial charge in [0.15, 0.2) is 0 Å². The molecule has 1 N–H and O–H groups in total. The van der Waals surface area contributed by atoms with E-state index in [1.807, 2.05) is 18.2 Å². The Balaban J connectivity index is 1.51. The number of nitrogens with one attached hydrogen (secondary N) is 1. The van der Waals surface area contributed by atoms with Crippen molar-refractivity contribution < 1.29 is 16.8 Å². The van der Waals surface area contributed by atoms with Crippen LogP contribution in [0.15, 0.2) is 59.8 Å². The minimum absolute atomic E-state index is 0.0535. The summed E-state index contributed by atoms with van der Waals surface area (Å²) in [5.41, 5.74) is 0.738. The minimum atomic E-state index is -3.54. The van der Waals surface area contributed by atoms with Gasteiger partial charge in [0.2, 0.25) is 20.0 Å². The van der Waals surface area contributed by atoms with Crippen LogP contribution in [0.25, 0.3) is 0 Å². The Labute approximate surface area is 160 Å². The number of hydrogen-bond donors (Lipinski definition) is 1. The first-order valence-electron chi connectivity index (χ1n) is 8.78. The Kier molecular flexibility index (Phi) is 6.25. The molecule has 146 valence electrons. The van der Waals surface area contributed by atoms with Crippen molar-refractivity contribution in [2.24, 2.45) is 5.92 Å². The molecule has 2 aromatic rings. The van der Waals surface area contributed by atoms with Crippen molar-refractivity contribution in [2.45, 2.75) is 23.5 Å². The largest absolute Gasteiger partial charge is 0.263 e. The van der Waals surface area contributed by atoms with Crippen LogP contribution < -0.4 is 4.72 Å². The summed E-state index contributed by atoms with van der Waals surface area (Å²) >= 11 is 0. The molecule has 1 aromatic heterocycles. The maximum absolute atomic E-state index is 12.6. The van der Waals surface area contributed by atoms with Crippen molar-refractivity contribution in [3.63, 3.8) is 0 Å². The van der Waals surface area contributed by atoms with Crippen LogP contribution in [0.1, 0.15) is 18.4 Å². The quantitative estimate of drug-likeness (QED) is 0.749. The number of rotatable bonds is 7. The third kappa shape index (κ3) is 5.35. The molecule has 1 aromatic carbocycles. The first-order chi connectivity index (χ1) is 12.9. The fourth-order valence-electron chi connectivity index (χ4n) is 3.09. The molecule has 2 heterocycles. The predicted octanol–water partition coefficient (Wildman–Crippen LogP) is 1.60. The molecule has 1 saturated heterocycles. The van der Waals surface area contributed by atoms with Gasteiger partial charge >= 0.3 is 0 Å². The second-order valence-electron chi connectivity index (χ2n) is 6.63. The number of hydrogen-bond acceptors (Lipinski definition) is 5. The summed E-state index contributed by atoms with van der Waals surface area (Å²) < 4.78 is 53.7. The maximum atomic E-state index is 12.6. The van der Waals surface area contributed by atoms with Gasteiger partial charge in [0.05, 0.1) is 5.75 Å². The molecule has 1 fully saturated rings. The van der Waals surface area contributed by atoms with Gasteiger partial charge in [0.25, 0.3) is 0 Å². The highest BCUT2D eigenvalue weighted by Gasteiger charge is 2.29. The zero-order valence-electron chi connectivity index (χ0n) is 14.9. The monoisotopic (exact) mass is 409 g/mol. The molecule has 1 aliphatic rings. The molecule has 27 heavy (non-hydrogen) atoms. The second kappa shape index (κ2) is 8.47. The molecular weight excluding hydrogens is 386 g/mol. The van der Waals surface area contributed by atoms with E-state index in [2.05, 4.69) is 9.71 Å². The van der Waals surface area contributed by atoms with E-state index in [4.69, 9.17) is 0 Å². The molecular formula is C18H23N3O4S2. The lowest BCUT2D eigenvalue weighted by molar-refractivity contribution is 0.274. The van der Waals surface area contributed by atoms with E-state index in [1.165, 1.54) is 22.8 Å². The van der Waals surface area contributed by atoms with Gasteiger partial charge in [-0.05, 0) is 36.5 Å². The van der Waals surface area contributed by atoms with Gasteiger partial charge in [-0.3, -0.25) is 4.98 Å². The molecule has 0 amide bonds. The predicted molar refractivity (Wildman–Crippen MR) is 103 cm³/mol. The van der Waals surface area contributed by atoms with E-state index in [0.717, 1.165) is 5.56 Å². The molecule has 0 spiro atoms. The Hall–Kier alpha value is -1.81. The molecule has 0 unspecified atom stereocenters. The second-order valence-corrected chi connectivity index (χ2v) is 10.4. The maximum Gasteiger partial charge on any atom is 0.244 e. The highest BCUT2D eigenvalue weighted by molar-refractivity contribution is 7.89. The summed E-state index contributed by atoms with van der Waals surface area (Å²) in [6.45, 7) is 1.08. The van der Waals surface area contributed by atoms with Crippen LogP contribution in [0.5, 0.6) is 0 Å². The number of aromatic nitrogens is 1. The first kappa shape index (κ1) is 19.9. The average Bonchev–Trinajstić information content (AvgIpc) is 2.68. The molecule has 9 heteroatoms. The lowest BCUT2D eigenvalue weighted by Crippen LogP contribution is -2.41. The van der Waals surface area contributed by atoms with Crippen molar-refractivity contribution in [2.75, 3.05) is 19.6 Å². The van der Waals surface area contributed by atoms with Gasteiger partial charge < -0.3 is 0 Å². The van der Waals surface area contributed by atoms with E-state index < -0.39 is 20.0 Å². The fourth-order valence-corrected chi connectivity index (χ4v) is 5.75. The minimum Gasteiger partial charge on any atom is -0.263 e. The number of nitrogens with zero attached hydrogens (tertiary/aromatic N) is 2. The van der Waals surface area contributed by atoms with E-state index >= 15 is 0 Å². The fraction of sp³-hybridized carbons (Fsp3) is 0.389. The molecule has 0 radical (unpaired) electrons. The number of piperidine rings is 1. The summed E-state index contributed by atoms with van der Waals surface area (Å²) in [6.07, 6.45) is 4.12. The lowest BCUT2D eigenvalue weighted by Gasteiger charge is -2.31. The van der Waals surface area contributed by atoms with Gasteiger partial charge in [-0.1, -0.05) is 30.3 Å². The highest BCUT2D eigenvalue weighted by Crippen LogP contribution is 2.23. The third-order valence-corrected chi connectivity index (χ3v) is 7.84. The third-order valence-electron chi connectivity index (χ3n) is 4.64. The van der Waals surface area contributed by atoms with Crippen LogP contribution in [0, 0.1) is 5.92 Å². The van der Waals surface area contributed by atoms with Crippen LogP contribution in [-0.2, 0) is 25.8 Å². The number of sulfonamides is 2.